The predicted octanol–water partition coefficient (Wildman–Crippen LogP) is 0.819. The maximum absolute atomic E-state index is 12.7. The van der Waals surface area contributed by atoms with E-state index in [1.165, 1.54) is 18.3 Å². The molecule has 1 aromatic heterocycles. The van der Waals surface area contributed by atoms with Gasteiger partial charge in [0.05, 0.1) is 0 Å². The summed E-state index contributed by atoms with van der Waals surface area (Å²) in [4.78, 5) is 36.1. The number of halogens is 3. The minimum absolute atomic E-state index is 0.301. The minimum Gasteiger partial charge on any atom is -0.479 e. The van der Waals surface area contributed by atoms with Crippen molar-refractivity contribution in [2.75, 3.05) is 0 Å². The zero-order valence-corrected chi connectivity index (χ0v) is 10.5. The molecule has 9 heteroatoms. The first kappa shape index (κ1) is 15.7. The van der Waals surface area contributed by atoms with Gasteiger partial charge in [-0.25, -0.2) is 4.79 Å². The molecular weight excluding hydrogens is 281 g/mol. The zero-order chi connectivity index (χ0) is 15.7. The summed E-state index contributed by atoms with van der Waals surface area (Å²) in [5.74, 6) is -3.70. The second-order valence-electron chi connectivity index (χ2n) is 4.27. The Morgan fingerprint density at radius 1 is 1.30 bits per heavy atom. The van der Waals surface area contributed by atoms with E-state index in [9.17, 15) is 27.6 Å². The fourth-order valence-electron chi connectivity index (χ4n) is 1.29. The largest absolute Gasteiger partial charge is 0.479 e. The summed E-state index contributed by atoms with van der Waals surface area (Å²) in [6.45, 7) is 1.82. The summed E-state index contributed by atoms with van der Waals surface area (Å²) in [5.41, 5.74) is -4.59. The molecule has 6 nitrogen and oxygen atoms in total. The Balaban J connectivity index is 3.16. The van der Waals surface area contributed by atoms with Crippen molar-refractivity contribution in [1.29, 1.82) is 0 Å². The number of pyridine rings is 1. The van der Waals surface area contributed by atoms with Gasteiger partial charge in [-0.3, -0.25) is 9.59 Å². The van der Waals surface area contributed by atoms with Crippen molar-refractivity contribution in [3.63, 3.8) is 0 Å². The van der Waals surface area contributed by atoms with Gasteiger partial charge < -0.3 is 15.4 Å². The number of alkyl halides is 3. The molecule has 0 radical (unpaired) electrons. The molecule has 0 aliphatic heterocycles. The number of carboxylic acids is 1. The fraction of sp³-hybridized carbons (Fsp3) is 0.364. The number of carbonyl (C=O) groups is 2. The van der Waals surface area contributed by atoms with Gasteiger partial charge in [0.1, 0.15) is 5.56 Å². The van der Waals surface area contributed by atoms with Gasteiger partial charge in [0.15, 0.2) is 0 Å². The molecule has 1 heterocycles. The smallest absolute Gasteiger partial charge is 0.422 e. The Morgan fingerprint density at radius 2 is 1.85 bits per heavy atom. The van der Waals surface area contributed by atoms with Crippen LogP contribution in [0.5, 0.6) is 0 Å². The molecule has 3 N–H and O–H groups in total. The SMILES string of the molecule is Cc1ccc(C(=O)NC(C)(C(=O)O)C(F)(F)F)c(=O)[nH]1. The van der Waals surface area contributed by atoms with Crippen molar-refractivity contribution in [2.24, 2.45) is 0 Å². The first-order valence-corrected chi connectivity index (χ1v) is 5.31. The molecule has 1 aromatic rings. The topological polar surface area (TPSA) is 99.3 Å². The van der Waals surface area contributed by atoms with Crippen LogP contribution in [-0.4, -0.2) is 33.7 Å². The summed E-state index contributed by atoms with van der Waals surface area (Å²) in [6, 6.07) is 2.32. The number of aliphatic carboxylic acids is 1. The summed E-state index contributed by atoms with van der Waals surface area (Å²) in [5, 5.41) is 9.98. The highest BCUT2D eigenvalue weighted by Crippen LogP contribution is 2.30. The highest BCUT2D eigenvalue weighted by molar-refractivity contribution is 5.97. The third-order valence-corrected chi connectivity index (χ3v) is 2.66. The van der Waals surface area contributed by atoms with Gasteiger partial charge in [-0.15, -0.1) is 0 Å². The molecule has 0 saturated heterocycles. The van der Waals surface area contributed by atoms with Crippen molar-refractivity contribution in [3.8, 4) is 0 Å². The average Bonchev–Trinajstić information content (AvgIpc) is 2.26. The number of aryl methyl sites for hydroxylation is 1. The number of hydrogen-bond donors (Lipinski definition) is 3. The Hall–Kier alpha value is -2.32. The van der Waals surface area contributed by atoms with Crippen molar-refractivity contribution in [3.05, 3.63) is 33.7 Å². The Kier molecular flexibility index (Phi) is 3.92. The van der Waals surface area contributed by atoms with E-state index < -0.39 is 34.7 Å². The highest BCUT2D eigenvalue weighted by Gasteiger charge is 2.58. The lowest BCUT2D eigenvalue weighted by molar-refractivity contribution is -0.203. The summed E-state index contributed by atoms with van der Waals surface area (Å²) in [7, 11) is 0. The van der Waals surface area contributed by atoms with E-state index in [4.69, 9.17) is 5.11 Å². The Morgan fingerprint density at radius 3 is 2.25 bits per heavy atom. The van der Waals surface area contributed by atoms with Crippen LogP contribution in [0.2, 0.25) is 0 Å². The summed E-state index contributed by atoms with van der Waals surface area (Å²) >= 11 is 0. The van der Waals surface area contributed by atoms with Crippen molar-refractivity contribution < 1.29 is 27.9 Å². The van der Waals surface area contributed by atoms with Crippen molar-refractivity contribution >= 4 is 11.9 Å². The lowest BCUT2D eigenvalue weighted by Crippen LogP contribution is -2.62. The van der Waals surface area contributed by atoms with Crippen molar-refractivity contribution in [2.45, 2.75) is 25.6 Å². The normalized spacial score (nSPS) is 14.4. The maximum atomic E-state index is 12.7. The second-order valence-corrected chi connectivity index (χ2v) is 4.27. The Labute approximate surface area is 110 Å². The van der Waals surface area contributed by atoms with E-state index in [-0.39, 0.29) is 0 Å². The molecule has 0 bridgehead atoms. The van der Waals surface area contributed by atoms with Gasteiger partial charge in [-0.1, -0.05) is 0 Å². The monoisotopic (exact) mass is 292 g/mol. The fourth-order valence-corrected chi connectivity index (χ4v) is 1.29. The standard InChI is InChI=1S/C11H11F3N2O4/c1-5-3-4-6(7(17)15-5)8(18)16-10(2,9(19)20)11(12,13)14/h3-4H,1-2H3,(H,15,17)(H,16,18)(H,19,20). The van der Waals surface area contributed by atoms with Crippen LogP contribution in [0.15, 0.2) is 16.9 Å². The van der Waals surface area contributed by atoms with E-state index in [2.05, 4.69) is 4.98 Å². The first-order chi connectivity index (χ1) is 8.99. The molecule has 0 aliphatic carbocycles. The number of carboxylic acid groups (broad SMARTS) is 1. The van der Waals surface area contributed by atoms with Crippen LogP contribution in [0.4, 0.5) is 13.2 Å². The molecule has 0 spiro atoms. The summed E-state index contributed by atoms with van der Waals surface area (Å²) in [6.07, 6.45) is -5.22. The molecule has 0 aliphatic rings. The Bertz CT molecular complexity index is 608. The van der Waals surface area contributed by atoms with Crippen LogP contribution in [0.25, 0.3) is 0 Å². The number of amides is 1. The number of H-pyrrole nitrogens is 1. The highest BCUT2D eigenvalue weighted by atomic mass is 19.4. The van der Waals surface area contributed by atoms with Gasteiger partial charge in [0, 0.05) is 5.69 Å². The van der Waals surface area contributed by atoms with E-state index in [0.717, 1.165) is 6.07 Å². The lowest BCUT2D eigenvalue weighted by Gasteiger charge is -2.28. The van der Waals surface area contributed by atoms with Crippen LogP contribution >= 0.6 is 0 Å². The van der Waals surface area contributed by atoms with Crippen molar-refractivity contribution in [1.82, 2.24) is 10.3 Å². The van der Waals surface area contributed by atoms with Gasteiger partial charge in [-0.05, 0) is 26.0 Å². The molecule has 1 rings (SSSR count). The van der Waals surface area contributed by atoms with Crippen LogP contribution in [0.1, 0.15) is 23.0 Å². The molecule has 1 atom stereocenters. The number of aromatic nitrogens is 1. The molecule has 1 amide bonds. The molecular formula is C11H11F3N2O4. The van der Waals surface area contributed by atoms with Gasteiger partial charge in [-0.2, -0.15) is 13.2 Å². The van der Waals surface area contributed by atoms with Crippen LogP contribution in [-0.2, 0) is 4.79 Å². The van der Waals surface area contributed by atoms with E-state index in [1.54, 1.807) is 0 Å². The second kappa shape index (κ2) is 4.99. The van der Waals surface area contributed by atoms with Crippen LogP contribution in [0, 0.1) is 6.92 Å². The third-order valence-electron chi connectivity index (χ3n) is 2.66. The van der Waals surface area contributed by atoms with E-state index >= 15 is 0 Å². The number of nitrogens with one attached hydrogen (secondary N) is 2. The number of carbonyl (C=O) groups excluding carboxylic acids is 1. The molecule has 20 heavy (non-hydrogen) atoms. The van der Waals surface area contributed by atoms with Crippen LogP contribution in [0.3, 0.4) is 0 Å². The van der Waals surface area contributed by atoms with E-state index in [1.807, 2.05) is 0 Å². The first-order valence-electron chi connectivity index (χ1n) is 5.31. The lowest BCUT2D eigenvalue weighted by atomic mass is 10.0. The van der Waals surface area contributed by atoms with Crippen LogP contribution < -0.4 is 10.9 Å². The molecule has 0 saturated carbocycles. The number of hydrogen-bond acceptors (Lipinski definition) is 3. The molecule has 0 aromatic carbocycles. The minimum atomic E-state index is -5.22. The molecule has 0 fully saturated rings. The summed E-state index contributed by atoms with van der Waals surface area (Å²) < 4.78 is 38.1. The number of aromatic amines is 1. The zero-order valence-electron chi connectivity index (χ0n) is 10.5. The van der Waals surface area contributed by atoms with Gasteiger partial charge in [0.2, 0.25) is 5.54 Å². The number of rotatable bonds is 3. The quantitative estimate of drug-likeness (QED) is 0.768. The van der Waals surface area contributed by atoms with Gasteiger partial charge >= 0.3 is 12.1 Å². The van der Waals surface area contributed by atoms with E-state index in [0.29, 0.717) is 12.6 Å². The van der Waals surface area contributed by atoms with Gasteiger partial charge in [0.25, 0.3) is 11.5 Å². The molecule has 1 unspecified atom stereocenters. The molecule has 110 valence electrons. The predicted molar refractivity (Wildman–Crippen MR) is 61.4 cm³/mol. The average molecular weight is 292 g/mol. The third kappa shape index (κ3) is 2.81. The maximum Gasteiger partial charge on any atom is 0.422 e.